The molecule has 13 heavy (non-hydrogen) atoms. The normalized spacial score (nSPS) is 12.4. The van der Waals surface area contributed by atoms with Gasteiger partial charge >= 0.3 is 11.9 Å². The summed E-state index contributed by atoms with van der Waals surface area (Å²) in [5, 5.41) is 19.6. The first kappa shape index (κ1) is 11.9. The van der Waals surface area contributed by atoms with Crippen molar-refractivity contribution in [2.75, 3.05) is 13.1 Å². The van der Waals surface area contributed by atoms with Crippen molar-refractivity contribution in [2.24, 2.45) is 5.73 Å². The molecule has 76 valence electrons. The Morgan fingerprint density at radius 3 is 2.38 bits per heavy atom. The number of hydrogen-bond donors (Lipinski definition) is 4. The molecule has 0 bridgehead atoms. The zero-order valence-electron chi connectivity index (χ0n) is 7.19. The standard InChI is InChI=1S/C7H14N2O4/c8-3-4-9-5(7(12)13)1-2-6(10)11/h5,9H,1-4,8H2,(H,10,11)(H,12,13)/t5-/m0/s1. The van der Waals surface area contributed by atoms with Crippen LogP contribution in [0.2, 0.25) is 0 Å². The first-order chi connectivity index (χ1) is 6.07. The molecule has 0 rings (SSSR count). The van der Waals surface area contributed by atoms with E-state index < -0.39 is 18.0 Å². The number of nitrogens with two attached hydrogens (primary N) is 1. The molecule has 0 aliphatic heterocycles. The van der Waals surface area contributed by atoms with E-state index in [2.05, 4.69) is 5.32 Å². The summed E-state index contributed by atoms with van der Waals surface area (Å²) in [6, 6.07) is -0.820. The number of carboxylic acid groups (broad SMARTS) is 2. The fourth-order valence-corrected chi connectivity index (χ4v) is 0.838. The Hall–Kier alpha value is -1.14. The maximum atomic E-state index is 10.5. The van der Waals surface area contributed by atoms with Crippen LogP contribution in [0.15, 0.2) is 0 Å². The van der Waals surface area contributed by atoms with Gasteiger partial charge in [-0.05, 0) is 6.42 Å². The molecule has 5 N–H and O–H groups in total. The Morgan fingerprint density at radius 2 is 2.00 bits per heavy atom. The lowest BCUT2D eigenvalue weighted by atomic mass is 10.1. The first-order valence-electron chi connectivity index (χ1n) is 3.96. The smallest absolute Gasteiger partial charge is 0.320 e. The quantitative estimate of drug-likeness (QED) is 0.403. The second-order valence-corrected chi connectivity index (χ2v) is 2.57. The van der Waals surface area contributed by atoms with E-state index in [-0.39, 0.29) is 12.8 Å². The SMILES string of the molecule is NCCN[C@@H](CCC(=O)O)C(=O)O. The van der Waals surface area contributed by atoms with Gasteiger partial charge in [0.2, 0.25) is 0 Å². The Morgan fingerprint density at radius 1 is 1.38 bits per heavy atom. The number of rotatable bonds is 7. The number of nitrogens with one attached hydrogen (secondary N) is 1. The highest BCUT2D eigenvalue weighted by Gasteiger charge is 2.16. The van der Waals surface area contributed by atoms with Crippen molar-refractivity contribution in [3.63, 3.8) is 0 Å². The molecule has 6 nitrogen and oxygen atoms in total. The van der Waals surface area contributed by atoms with Crippen LogP contribution in [0.4, 0.5) is 0 Å². The molecule has 0 heterocycles. The zero-order chi connectivity index (χ0) is 10.3. The molecule has 0 unspecified atom stereocenters. The molecule has 0 saturated heterocycles. The van der Waals surface area contributed by atoms with Crippen LogP contribution < -0.4 is 11.1 Å². The third kappa shape index (κ3) is 6.06. The molecule has 6 heteroatoms. The van der Waals surface area contributed by atoms with Gasteiger partial charge in [-0.3, -0.25) is 9.59 Å². The molecule has 0 spiro atoms. The largest absolute Gasteiger partial charge is 0.481 e. The van der Waals surface area contributed by atoms with E-state index >= 15 is 0 Å². The topological polar surface area (TPSA) is 113 Å². The molecule has 1 atom stereocenters. The second-order valence-electron chi connectivity index (χ2n) is 2.57. The molecule has 0 amide bonds. The number of aliphatic carboxylic acids is 2. The summed E-state index contributed by atoms with van der Waals surface area (Å²) < 4.78 is 0. The van der Waals surface area contributed by atoms with Crippen molar-refractivity contribution in [3.8, 4) is 0 Å². The van der Waals surface area contributed by atoms with Crippen molar-refractivity contribution >= 4 is 11.9 Å². The average Bonchev–Trinajstić information content (AvgIpc) is 2.03. The van der Waals surface area contributed by atoms with Crippen LogP contribution in [0.3, 0.4) is 0 Å². The maximum Gasteiger partial charge on any atom is 0.320 e. The molecule has 0 aromatic carbocycles. The lowest BCUT2D eigenvalue weighted by Crippen LogP contribution is -2.39. The fraction of sp³-hybridized carbons (Fsp3) is 0.714. The minimum atomic E-state index is -1.05. The minimum absolute atomic E-state index is 0.0741. The predicted molar refractivity (Wildman–Crippen MR) is 45.4 cm³/mol. The van der Waals surface area contributed by atoms with Crippen molar-refractivity contribution in [3.05, 3.63) is 0 Å². The van der Waals surface area contributed by atoms with Crippen LogP contribution in [-0.2, 0) is 9.59 Å². The number of hydrogen-bond acceptors (Lipinski definition) is 4. The Balaban J connectivity index is 3.80. The van der Waals surface area contributed by atoms with Crippen LogP contribution >= 0.6 is 0 Å². The lowest BCUT2D eigenvalue weighted by molar-refractivity contribution is -0.140. The lowest BCUT2D eigenvalue weighted by Gasteiger charge is -2.11. The summed E-state index contributed by atoms with van der Waals surface area (Å²) in [4.78, 5) is 20.7. The van der Waals surface area contributed by atoms with Gasteiger partial charge < -0.3 is 21.3 Å². The second kappa shape index (κ2) is 6.38. The van der Waals surface area contributed by atoms with E-state index in [1.807, 2.05) is 0 Å². The minimum Gasteiger partial charge on any atom is -0.481 e. The molecule has 0 aromatic rings. The summed E-state index contributed by atoms with van der Waals surface area (Å²) in [5.41, 5.74) is 5.16. The monoisotopic (exact) mass is 190 g/mol. The molecule has 0 saturated carbocycles. The van der Waals surface area contributed by atoms with Gasteiger partial charge in [-0.2, -0.15) is 0 Å². The first-order valence-corrected chi connectivity index (χ1v) is 3.96. The fourth-order valence-electron chi connectivity index (χ4n) is 0.838. The van der Waals surface area contributed by atoms with E-state index in [1.165, 1.54) is 0 Å². The van der Waals surface area contributed by atoms with E-state index in [9.17, 15) is 9.59 Å². The molecule has 0 aromatic heterocycles. The predicted octanol–water partition coefficient (Wildman–Crippen LogP) is -1.15. The van der Waals surface area contributed by atoms with Crippen LogP contribution in [0.5, 0.6) is 0 Å². The van der Waals surface area contributed by atoms with Gasteiger partial charge in [0.25, 0.3) is 0 Å². The number of carboxylic acids is 2. The Labute approximate surface area is 75.7 Å². The van der Waals surface area contributed by atoms with E-state index in [1.54, 1.807) is 0 Å². The highest BCUT2D eigenvalue weighted by molar-refractivity contribution is 5.75. The van der Waals surface area contributed by atoms with Crippen molar-refractivity contribution in [1.82, 2.24) is 5.32 Å². The summed E-state index contributed by atoms with van der Waals surface area (Å²) in [6.07, 6.45) is -0.0841. The van der Waals surface area contributed by atoms with Crippen LogP contribution in [0.25, 0.3) is 0 Å². The van der Waals surface area contributed by atoms with E-state index in [0.29, 0.717) is 13.1 Å². The van der Waals surface area contributed by atoms with Crippen LogP contribution in [0, 0.1) is 0 Å². The summed E-state index contributed by atoms with van der Waals surface area (Å²) in [5.74, 6) is -2.05. The summed E-state index contributed by atoms with van der Waals surface area (Å²) in [6.45, 7) is 0.702. The third-order valence-electron chi connectivity index (χ3n) is 1.48. The molecule has 0 aliphatic rings. The van der Waals surface area contributed by atoms with Gasteiger partial charge in [0.05, 0.1) is 0 Å². The van der Waals surface area contributed by atoms with Crippen molar-refractivity contribution < 1.29 is 19.8 Å². The highest BCUT2D eigenvalue weighted by atomic mass is 16.4. The zero-order valence-corrected chi connectivity index (χ0v) is 7.19. The van der Waals surface area contributed by atoms with Crippen LogP contribution in [-0.4, -0.2) is 41.3 Å². The Bertz CT molecular complexity index is 183. The summed E-state index contributed by atoms with van der Waals surface area (Å²) >= 11 is 0. The average molecular weight is 190 g/mol. The maximum absolute atomic E-state index is 10.5. The molecule has 0 fully saturated rings. The van der Waals surface area contributed by atoms with E-state index in [0.717, 1.165) is 0 Å². The molecule has 0 aliphatic carbocycles. The number of carbonyl (C=O) groups is 2. The van der Waals surface area contributed by atoms with Crippen molar-refractivity contribution in [1.29, 1.82) is 0 Å². The van der Waals surface area contributed by atoms with Gasteiger partial charge in [-0.1, -0.05) is 0 Å². The molecular formula is C7H14N2O4. The van der Waals surface area contributed by atoms with Gasteiger partial charge in [-0.15, -0.1) is 0 Å². The van der Waals surface area contributed by atoms with Crippen molar-refractivity contribution in [2.45, 2.75) is 18.9 Å². The summed E-state index contributed by atoms with van der Waals surface area (Å²) in [7, 11) is 0. The van der Waals surface area contributed by atoms with Gasteiger partial charge in [0.15, 0.2) is 0 Å². The van der Waals surface area contributed by atoms with Crippen LogP contribution in [0.1, 0.15) is 12.8 Å². The van der Waals surface area contributed by atoms with Gasteiger partial charge in [0, 0.05) is 19.5 Å². The van der Waals surface area contributed by atoms with Gasteiger partial charge in [0.1, 0.15) is 6.04 Å². The molecule has 0 radical (unpaired) electrons. The third-order valence-corrected chi connectivity index (χ3v) is 1.48. The van der Waals surface area contributed by atoms with E-state index in [4.69, 9.17) is 15.9 Å². The molecular weight excluding hydrogens is 176 g/mol. The highest BCUT2D eigenvalue weighted by Crippen LogP contribution is 1.97. The van der Waals surface area contributed by atoms with Gasteiger partial charge in [-0.25, -0.2) is 0 Å². The Kier molecular flexibility index (Phi) is 5.82.